The van der Waals surface area contributed by atoms with Gasteiger partial charge in [0.1, 0.15) is 11.9 Å². The first-order valence-electron chi connectivity index (χ1n) is 12.0. The van der Waals surface area contributed by atoms with Gasteiger partial charge < -0.3 is 30.1 Å². The Morgan fingerprint density at radius 3 is 2.62 bits per heavy atom. The number of hydrogen-bond donors (Lipinski definition) is 2. The Bertz CT molecular complexity index is 1250. The second-order valence-electron chi connectivity index (χ2n) is 10.1. The number of halogens is 1. The molecule has 1 aromatic heterocycles. The molecule has 196 valence electrons. The minimum atomic E-state index is -1.50. The van der Waals surface area contributed by atoms with Crippen molar-refractivity contribution in [2.24, 2.45) is 29.2 Å². The van der Waals surface area contributed by atoms with E-state index in [-0.39, 0.29) is 31.2 Å². The number of methoxy groups -OCH3 is 1. The maximum atomic E-state index is 14.0. The molecule has 5 rings (SSSR count). The topological polar surface area (TPSA) is 161 Å². The van der Waals surface area contributed by atoms with E-state index in [9.17, 15) is 23.6 Å². The third kappa shape index (κ3) is 4.02. The van der Waals surface area contributed by atoms with Crippen LogP contribution in [0.2, 0.25) is 0 Å². The van der Waals surface area contributed by atoms with E-state index >= 15 is 0 Å². The summed E-state index contributed by atoms with van der Waals surface area (Å²) in [6, 6.07) is 6.45. The van der Waals surface area contributed by atoms with E-state index in [1.54, 1.807) is 6.07 Å². The number of cyclic esters (lactones) is 1. The van der Waals surface area contributed by atoms with E-state index in [1.165, 1.54) is 31.8 Å². The fourth-order valence-corrected chi connectivity index (χ4v) is 6.35. The zero-order valence-electron chi connectivity index (χ0n) is 20.1. The van der Waals surface area contributed by atoms with E-state index in [2.05, 4.69) is 0 Å². The van der Waals surface area contributed by atoms with E-state index in [4.69, 9.17) is 30.1 Å². The molecular formula is C26H27FN2O8. The number of fused-ring (bicyclic) bond motifs is 3. The Balaban J connectivity index is 1.54. The molecule has 2 heterocycles. The van der Waals surface area contributed by atoms with Crippen molar-refractivity contribution >= 4 is 23.7 Å². The molecule has 11 heteroatoms. The van der Waals surface area contributed by atoms with E-state index in [0.29, 0.717) is 5.56 Å². The predicted molar refractivity (Wildman–Crippen MR) is 123 cm³/mol. The van der Waals surface area contributed by atoms with Crippen LogP contribution in [0, 0.1) is 23.6 Å². The average molecular weight is 515 g/mol. The number of benzene rings is 1. The summed E-state index contributed by atoms with van der Waals surface area (Å²) in [5, 5.41) is 0. The van der Waals surface area contributed by atoms with Crippen LogP contribution in [0.5, 0.6) is 0 Å². The van der Waals surface area contributed by atoms with Crippen LogP contribution in [-0.2, 0) is 28.6 Å². The van der Waals surface area contributed by atoms with Gasteiger partial charge in [0.25, 0.3) is 0 Å². The number of esters is 3. The molecule has 37 heavy (non-hydrogen) atoms. The summed E-state index contributed by atoms with van der Waals surface area (Å²) in [5.41, 5.74) is 11.3. The summed E-state index contributed by atoms with van der Waals surface area (Å²) < 4.78 is 34.9. The first kappa shape index (κ1) is 25.1. The molecule has 3 fully saturated rings. The minimum absolute atomic E-state index is 0.0384. The molecule has 7 atom stereocenters. The van der Waals surface area contributed by atoms with E-state index < -0.39 is 70.5 Å². The summed E-state index contributed by atoms with van der Waals surface area (Å²) in [5.74, 6) is -6.59. The molecule has 2 aliphatic carbocycles. The quantitative estimate of drug-likeness (QED) is 0.455. The largest absolute Gasteiger partial charge is 0.472 e. The lowest BCUT2D eigenvalue weighted by molar-refractivity contribution is -0.186. The predicted octanol–water partition coefficient (Wildman–Crippen LogP) is 1.82. The SMILES string of the molecule is COC(=O)[C@@H]1CC(OC(=O)c2cccc(F)c2)C(=O)[C@H]2[C@@]1(N)CC[C@H]1C(=O)O[C@H](c3ccoc3)C[C@]21N. The monoisotopic (exact) mass is 514 g/mol. The molecule has 0 radical (unpaired) electrons. The smallest absolute Gasteiger partial charge is 0.338 e. The maximum absolute atomic E-state index is 14.0. The highest BCUT2D eigenvalue weighted by Crippen LogP contribution is 2.55. The number of ketones is 1. The number of ether oxygens (including phenoxy) is 3. The summed E-state index contributed by atoms with van der Waals surface area (Å²) in [4.78, 5) is 52.8. The molecule has 4 N–H and O–H groups in total. The van der Waals surface area contributed by atoms with Crippen LogP contribution in [0.4, 0.5) is 4.39 Å². The van der Waals surface area contributed by atoms with E-state index in [0.717, 1.165) is 12.1 Å². The second kappa shape index (κ2) is 9.07. The van der Waals surface area contributed by atoms with Crippen molar-refractivity contribution in [2.75, 3.05) is 7.11 Å². The Labute approximate surface area is 211 Å². The van der Waals surface area contributed by atoms with Crippen LogP contribution in [-0.4, -0.2) is 48.0 Å². The van der Waals surface area contributed by atoms with Crippen molar-refractivity contribution < 1.29 is 42.2 Å². The zero-order chi connectivity index (χ0) is 26.5. The number of nitrogens with two attached hydrogens (primary N) is 2. The van der Waals surface area contributed by atoms with Gasteiger partial charge in [-0.1, -0.05) is 6.07 Å². The van der Waals surface area contributed by atoms with Crippen molar-refractivity contribution in [3.05, 3.63) is 59.8 Å². The number of Topliss-reactive ketones (excluding diaryl/α,β-unsaturated/α-hetero) is 1. The maximum Gasteiger partial charge on any atom is 0.338 e. The molecule has 2 aromatic rings. The standard InChI is InChI=1S/C26H27FN2O8/c1-34-23(32)17-10-18(36-22(31)13-3-2-4-15(27)9-13)20(30)21-25(17,28)7-5-16-24(33)37-19(11-26(16,21)29)14-6-8-35-12-14/h2-4,6,8-9,12,16-19,21H,5,7,10-11,28-29H2,1H3/t16-,17-,18?,19-,21-,25+,26+/m0/s1. The highest BCUT2D eigenvalue weighted by atomic mass is 19.1. The third-order valence-electron chi connectivity index (χ3n) is 8.08. The molecule has 1 unspecified atom stereocenters. The fraction of sp³-hybridized carbons (Fsp3) is 0.462. The van der Waals surface area contributed by atoms with Crippen molar-refractivity contribution in [1.29, 1.82) is 0 Å². The molecule has 1 aromatic carbocycles. The van der Waals surface area contributed by atoms with Crippen molar-refractivity contribution in [2.45, 2.75) is 49.0 Å². The van der Waals surface area contributed by atoms with Gasteiger partial charge in [0.05, 0.1) is 43.0 Å². The Morgan fingerprint density at radius 1 is 1.16 bits per heavy atom. The van der Waals surface area contributed by atoms with Gasteiger partial charge in [-0.2, -0.15) is 0 Å². The Hall–Kier alpha value is -3.57. The lowest BCUT2D eigenvalue weighted by Gasteiger charge is -2.60. The molecule has 2 saturated carbocycles. The number of carbonyl (C=O) groups excluding carboxylic acids is 4. The molecular weight excluding hydrogens is 487 g/mol. The molecule has 10 nitrogen and oxygen atoms in total. The molecule has 1 saturated heterocycles. The average Bonchev–Trinajstić information content (AvgIpc) is 3.39. The zero-order valence-corrected chi connectivity index (χ0v) is 20.1. The van der Waals surface area contributed by atoms with Crippen LogP contribution >= 0.6 is 0 Å². The van der Waals surface area contributed by atoms with E-state index in [1.807, 2.05) is 0 Å². The Morgan fingerprint density at radius 2 is 1.95 bits per heavy atom. The number of carbonyl (C=O) groups is 4. The van der Waals surface area contributed by atoms with Gasteiger partial charge in [-0.15, -0.1) is 0 Å². The van der Waals surface area contributed by atoms with Crippen LogP contribution in [0.15, 0.2) is 47.3 Å². The van der Waals surface area contributed by atoms with Gasteiger partial charge in [0.2, 0.25) is 0 Å². The normalized spacial score (nSPS) is 35.1. The first-order chi connectivity index (χ1) is 17.6. The molecule has 0 spiro atoms. The summed E-state index contributed by atoms with van der Waals surface area (Å²) in [6.07, 6.45) is 0.780. The molecule has 0 amide bonds. The number of furan rings is 1. The van der Waals surface area contributed by atoms with Gasteiger partial charge in [-0.25, -0.2) is 9.18 Å². The molecule has 0 bridgehead atoms. The summed E-state index contributed by atoms with van der Waals surface area (Å²) >= 11 is 0. The number of rotatable bonds is 4. The van der Waals surface area contributed by atoms with Crippen LogP contribution < -0.4 is 11.5 Å². The van der Waals surface area contributed by atoms with Gasteiger partial charge in [-0.05, 0) is 37.1 Å². The molecule has 3 aliphatic rings. The highest BCUT2D eigenvalue weighted by molar-refractivity contribution is 5.97. The van der Waals surface area contributed by atoms with Crippen molar-refractivity contribution in [3.8, 4) is 0 Å². The second-order valence-corrected chi connectivity index (χ2v) is 10.1. The number of hydrogen-bond acceptors (Lipinski definition) is 10. The molecule has 1 aliphatic heterocycles. The van der Waals surface area contributed by atoms with Crippen LogP contribution in [0.25, 0.3) is 0 Å². The summed E-state index contributed by atoms with van der Waals surface area (Å²) in [7, 11) is 1.20. The summed E-state index contributed by atoms with van der Waals surface area (Å²) in [6.45, 7) is 0. The van der Waals surface area contributed by atoms with Gasteiger partial charge in [-0.3, -0.25) is 14.4 Å². The van der Waals surface area contributed by atoms with Gasteiger partial charge >= 0.3 is 17.9 Å². The minimum Gasteiger partial charge on any atom is -0.472 e. The van der Waals surface area contributed by atoms with Crippen molar-refractivity contribution in [1.82, 2.24) is 0 Å². The van der Waals surface area contributed by atoms with Gasteiger partial charge in [0.15, 0.2) is 11.9 Å². The highest BCUT2D eigenvalue weighted by Gasteiger charge is 2.69. The first-order valence-corrected chi connectivity index (χ1v) is 12.0. The van der Waals surface area contributed by atoms with Crippen LogP contribution in [0.3, 0.4) is 0 Å². The third-order valence-corrected chi connectivity index (χ3v) is 8.08. The van der Waals surface area contributed by atoms with Gasteiger partial charge in [0, 0.05) is 29.5 Å². The van der Waals surface area contributed by atoms with Crippen molar-refractivity contribution in [3.63, 3.8) is 0 Å². The van der Waals surface area contributed by atoms with Crippen LogP contribution in [0.1, 0.15) is 47.7 Å². The fourth-order valence-electron chi connectivity index (χ4n) is 6.35. The lowest BCUT2D eigenvalue weighted by Crippen LogP contribution is -2.78. The Kier molecular flexibility index (Phi) is 6.15. The lowest BCUT2D eigenvalue weighted by atomic mass is 9.48.